The van der Waals surface area contributed by atoms with E-state index < -0.39 is 86.5 Å². The van der Waals surface area contributed by atoms with Gasteiger partial charge in [-0.25, -0.2) is 24.1 Å². The summed E-state index contributed by atoms with van der Waals surface area (Å²) in [5.74, 6) is 0.720. The number of halogens is 1. The van der Waals surface area contributed by atoms with Crippen LogP contribution in [0, 0.1) is 18.3 Å². The van der Waals surface area contributed by atoms with Crippen molar-refractivity contribution in [3.8, 4) is 12.3 Å². The van der Waals surface area contributed by atoms with E-state index in [1.165, 1.54) is 43.1 Å². The number of alkyl halides is 1. The van der Waals surface area contributed by atoms with E-state index in [4.69, 9.17) is 40.2 Å². The molecule has 284 valence electrons. The molecule has 2 fully saturated rings. The van der Waals surface area contributed by atoms with Gasteiger partial charge in [-0.1, -0.05) is 5.92 Å². The highest BCUT2D eigenvalue weighted by atomic mass is 31.2. The maximum Gasteiger partial charge on any atom is 0.330 e. The molecule has 3 aromatic rings. The van der Waals surface area contributed by atoms with Crippen molar-refractivity contribution in [2.45, 2.75) is 89.4 Å². The first-order valence-corrected chi connectivity index (χ1v) is 17.8. The van der Waals surface area contributed by atoms with Crippen LogP contribution in [0.25, 0.3) is 11.2 Å². The second kappa shape index (κ2) is 16.3. The molecule has 5 rings (SSSR count). The summed E-state index contributed by atoms with van der Waals surface area (Å²) < 4.78 is 65.8. The number of phosphoric ester groups is 1. The molecule has 0 aliphatic carbocycles. The van der Waals surface area contributed by atoms with Gasteiger partial charge in [0.05, 0.1) is 44.3 Å². The number of nitrogens with zero attached hydrogens (tertiary/aromatic N) is 6. The molecular weight excluding hydrogens is 710 g/mol. The fourth-order valence-corrected chi connectivity index (χ4v) is 7.29. The lowest BCUT2D eigenvalue weighted by atomic mass is 9.94. The number of anilines is 1. The van der Waals surface area contributed by atoms with Crippen molar-refractivity contribution < 1.29 is 46.6 Å². The first kappa shape index (κ1) is 39.2. The fourth-order valence-electron chi connectivity index (χ4n) is 6.17. The van der Waals surface area contributed by atoms with Crippen molar-refractivity contribution in [2.24, 2.45) is 5.92 Å². The summed E-state index contributed by atoms with van der Waals surface area (Å²) in [6, 6.07) is 1.05. The van der Waals surface area contributed by atoms with E-state index in [1.807, 2.05) is 0 Å². The number of nitrogens with two attached hydrogens (primary N) is 1. The molecule has 1 amide bonds. The Balaban J connectivity index is 1.44. The molecule has 2 aliphatic heterocycles. The number of amides is 1. The van der Waals surface area contributed by atoms with Crippen LogP contribution in [0.15, 0.2) is 34.5 Å². The van der Waals surface area contributed by atoms with Gasteiger partial charge in [-0.05, 0) is 27.7 Å². The topological polar surface area (TPSA) is 240 Å². The Morgan fingerprint density at radius 3 is 2.54 bits per heavy atom. The number of H-pyrrole nitrogens is 1. The van der Waals surface area contributed by atoms with Crippen LogP contribution in [0.5, 0.6) is 0 Å². The number of imidazole rings is 1. The number of aromatic amines is 1. The second-order valence-corrected chi connectivity index (χ2v) is 14.1. The minimum absolute atomic E-state index is 0.0899. The molecule has 0 aromatic carbocycles. The van der Waals surface area contributed by atoms with Crippen molar-refractivity contribution in [3.63, 3.8) is 0 Å². The predicted molar refractivity (Wildman–Crippen MR) is 178 cm³/mol. The van der Waals surface area contributed by atoms with Gasteiger partial charge in [0.2, 0.25) is 5.91 Å². The number of nitrogens with one attached hydrogen (secondary N) is 1. The number of ether oxygens (including phenoxy) is 4. The number of phosphoric acid groups is 1. The SMILES string of the molecule is C#CCN(C[C@H]1O[C@@H](n2cnc3c(N)ncnc32)[C@H](OC)[C@@H]1OP(=O)([O-])OC(C)C)C(=O)C[C@H]1[C@@H](F)[C@H](n2ccc(=O)[nH]c2=O)O[C@@H]1COC(C)C. The standard InChI is InChI=1S/C31H42FN8O11P/c1-7-9-38(22(42)11-18-20(13-47-16(2)3)49-29(23(18)32)39-10-8-21(41)37-31(39)43)12-19-25(51-52(44,45)50-17(4)5)26(46-6)30(48-19)40-15-36-24-27(33)34-14-35-28(24)40/h1,8,10,14-20,23,25-26,29-30H,9,11-13H2,2-6H3,(H,44,45)(H2,33,34,35)(H,37,41,43)/p-1/t18-,19-,20-,23-,25-,26-,29-,30-/m1/s1. The molecule has 2 saturated heterocycles. The van der Waals surface area contributed by atoms with E-state index in [9.17, 15) is 23.8 Å². The van der Waals surface area contributed by atoms with Crippen molar-refractivity contribution in [1.82, 2.24) is 34.0 Å². The lowest BCUT2D eigenvalue weighted by Gasteiger charge is -2.33. The zero-order valence-corrected chi connectivity index (χ0v) is 30.0. The van der Waals surface area contributed by atoms with Crippen molar-refractivity contribution in [1.29, 1.82) is 0 Å². The smallest absolute Gasteiger partial charge is 0.330 e. The van der Waals surface area contributed by atoms with Gasteiger partial charge in [0.15, 0.2) is 30.1 Å². The molecule has 2 aliphatic rings. The van der Waals surface area contributed by atoms with Gasteiger partial charge in [0.1, 0.15) is 30.2 Å². The van der Waals surface area contributed by atoms with Crippen LogP contribution in [0.2, 0.25) is 0 Å². The summed E-state index contributed by atoms with van der Waals surface area (Å²) in [5.41, 5.74) is 4.90. The normalized spacial score (nSPS) is 27.3. The molecule has 3 N–H and O–H groups in total. The van der Waals surface area contributed by atoms with E-state index in [1.54, 1.807) is 13.8 Å². The second-order valence-electron chi connectivity index (χ2n) is 12.8. The average molecular weight is 752 g/mol. The average Bonchev–Trinajstić information content (AvgIpc) is 3.73. The summed E-state index contributed by atoms with van der Waals surface area (Å²) in [6.07, 6.45) is -1.34. The van der Waals surface area contributed by atoms with E-state index >= 15 is 4.39 Å². The van der Waals surface area contributed by atoms with Gasteiger partial charge in [0.25, 0.3) is 13.4 Å². The number of rotatable bonds is 15. The summed E-state index contributed by atoms with van der Waals surface area (Å²) in [6.45, 7) is 5.81. The Morgan fingerprint density at radius 2 is 1.88 bits per heavy atom. The molecule has 9 atom stereocenters. The molecular formula is C31H41FN8O11P-. The van der Waals surface area contributed by atoms with E-state index in [-0.39, 0.29) is 42.8 Å². The van der Waals surface area contributed by atoms with Crippen LogP contribution in [0.1, 0.15) is 46.6 Å². The monoisotopic (exact) mass is 751 g/mol. The van der Waals surface area contributed by atoms with Crippen LogP contribution in [-0.4, -0.2) is 109 Å². The Morgan fingerprint density at radius 1 is 1.15 bits per heavy atom. The number of hydrogen-bond acceptors (Lipinski definition) is 15. The Bertz CT molecular complexity index is 1930. The van der Waals surface area contributed by atoms with Crippen LogP contribution in [0.4, 0.5) is 10.2 Å². The van der Waals surface area contributed by atoms with Crippen LogP contribution in [0.3, 0.4) is 0 Å². The van der Waals surface area contributed by atoms with E-state index in [0.717, 1.165) is 16.8 Å². The van der Waals surface area contributed by atoms with Gasteiger partial charge in [-0.3, -0.25) is 28.3 Å². The number of carbonyl (C=O) groups excluding carboxylic acids is 1. The Hall–Kier alpha value is -4.06. The quantitative estimate of drug-likeness (QED) is 0.157. The molecule has 0 radical (unpaired) electrons. The molecule has 3 aromatic heterocycles. The maximum absolute atomic E-state index is 16.2. The summed E-state index contributed by atoms with van der Waals surface area (Å²) in [4.78, 5) is 66.9. The van der Waals surface area contributed by atoms with Crippen LogP contribution < -0.4 is 21.9 Å². The van der Waals surface area contributed by atoms with Gasteiger partial charge in [-0.2, -0.15) is 0 Å². The third-order valence-electron chi connectivity index (χ3n) is 8.45. The third kappa shape index (κ3) is 8.59. The zero-order valence-electron chi connectivity index (χ0n) is 29.1. The molecule has 0 saturated carbocycles. The Kier molecular flexibility index (Phi) is 12.3. The first-order chi connectivity index (χ1) is 24.6. The van der Waals surface area contributed by atoms with Crippen LogP contribution >= 0.6 is 7.82 Å². The fraction of sp³-hybridized carbons (Fsp3) is 0.613. The molecule has 0 bridgehead atoms. The highest BCUT2D eigenvalue weighted by molar-refractivity contribution is 7.45. The predicted octanol–water partition coefficient (Wildman–Crippen LogP) is 0.278. The molecule has 1 unspecified atom stereocenters. The first-order valence-electron chi connectivity index (χ1n) is 16.4. The number of fused-ring (bicyclic) bond motifs is 1. The van der Waals surface area contributed by atoms with Gasteiger partial charge >= 0.3 is 5.69 Å². The largest absolute Gasteiger partial charge is 0.756 e. The number of carbonyl (C=O) groups is 1. The number of aromatic nitrogens is 6. The van der Waals surface area contributed by atoms with Gasteiger partial charge < -0.3 is 43.5 Å². The number of hydrogen-bond donors (Lipinski definition) is 2. The number of methoxy groups -OCH3 is 1. The third-order valence-corrected chi connectivity index (χ3v) is 9.63. The van der Waals surface area contributed by atoms with Crippen molar-refractivity contribution in [2.75, 3.05) is 32.5 Å². The lowest BCUT2D eigenvalue weighted by molar-refractivity contribution is -0.236. The van der Waals surface area contributed by atoms with Gasteiger partial charge in [-0.15, -0.1) is 6.42 Å². The molecule has 52 heavy (non-hydrogen) atoms. The zero-order chi connectivity index (χ0) is 37.9. The van der Waals surface area contributed by atoms with Crippen molar-refractivity contribution >= 4 is 30.7 Å². The van der Waals surface area contributed by atoms with Gasteiger partial charge in [0, 0.05) is 31.7 Å². The number of terminal acetylenes is 1. The molecule has 21 heteroatoms. The summed E-state index contributed by atoms with van der Waals surface area (Å²) in [5, 5.41) is 0. The Labute approximate surface area is 297 Å². The molecule has 5 heterocycles. The minimum Gasteiger partial charge on any atom is -0.756 e. The molecule has 19 nitrogen and oxygen atoms in total. The highest BCUT2D eigenvalue weighted by Gasteiger charge is 2.51. The summed E-state index contributed by atoms with van der Waals surface area (Å²) >= 11 is 0. The van der Waals surface area contributed by atoms with Crippen LogP contribution in [-0.2, 0) is 37.4 Å². The lowest BCUT2D eigenvalue weighted by Crippen LogP contribution is -2.45. The van der Waals surface area contributed by atoms with Crippen molar-refractivity contribution in [3.05, 3.63) is 45.8 Å². The summed E-state index contributed by atoms with van der Waals surface area (Å²) in [7, 11) is -3.67. The highest BCUT2D eigenvalue weighted by Crippen LogP contribution is 2.47. The molecule has 0 spiro atoms. The minimum atomic E-state index is -4.98. The van der Waals surface area contributed by atoms with E-state index in [2.05, 4.69) is 25.9 Å². The maximum atomic E-state index is 16.2. The number of nitrogen functional groups attached to an aromatic ring is 1. The van der Waals surface area contributed by atoms with E-state index in [0.29, 0.717) is 0 Å².